The van der Waals surface area contributed by atoms with E-state index in [1.54, 1.807) is 0 Å². The number of nitrogens with one attached hydrogen (secondary N) is 1. The number of carbonyl (C=O) groups excluding carboxylic acids is 1. The zero-order valence-electron chi connectivity index (χ0n) is 13.8. The minimum Gasteiger partial charge on any atom is -0.342 e. The average molecular weight is 283 g/mol. The summed E-state index contributed by atoms with van der Waals surface area (Å²) in [6.45, 7) is 15.2. The van der Waals surface area contributed by atoms with E-state index in [1.807, 2.05) is 18.7 Å². The summed E-state index contributed by atoms with van der Waals surface area (Å²) in [5.41, 5.74) is 0. The van der Waals surface area contributed by atoms with Crippen LogP contribution in [0, 0.1) is 11.8 Å². The summed E-state index contributed by atoms with van der Waals surface area (Å²) in [5.74, 6) is 1.79. The fourth-order valence-electron chi connectivity index (χ4n) is 2.79. The highest BCUT2D eigenvalue weighted by Gasteiger charge is 2.21. The zero-order valence-corrected chi connectivity index (χ0v) is 13.8. The summed E-state index contributed by atoms with van der Waals surface area (Å²) in [7, 11) is 0. The van der Waals surface area contributed by atoms with Gasteiger partial charge in [-0.25, -0.2) is 0 Å². The average Bonchev–Trinajstić information content (AvgIpc) is 2.42. The molecule has 4 nitrogen and oxygen atoms in total. The van der Waals surface area contributed by atoms with Crippen LogP contribution in [-0.2, 0) is 4.79 Å². The molecular formula is C16H33N3O. The fraction of sp³-hybridized carbons (Fsp3) is 0.938. The Hall–Kier alpha value is -0.610. The van der Waals surface area contributed by atoms with E-state index >= 15 is 0 Å². The van der Waals surface area contributed by atoms with E-state index in [-0.39, 0.29) is 5.91 Å². The van der Waals surface area contributed by atoms with Crippen molar-refractivity contribution >= 4 is 5.91 Å². The van der Waals surface area contributed by atoms with Gasteiger partial charge >= 0.3 is 0 Å². The predicted molar refractivity (Wildman–Crippen MR) is 84.8 cm³/mol. The highest BCUT2D eigenvalue weighted by atomic mass is 16.2. The summed E-state index contributed by atoms with van der Waals surface area (Å²) in [6, 6.07) is 0. The number of likely N-dealkylation sites (tertiary alicyclic amines) is 1. The Morgan fingerprint density at radius 2 is 1.85 bits per heavy atom. The molecule has 1 amide bonds. The minimum absolute atomic E-state index is 0.284. The molecule has 1 aliphatic heterocycles. The molecule has 118 valence electrons. The second-order valence-electron chi connectivity index (χ2n) is 6.34. The number of carbonyl (C=O) groups is 1. The molecule has 1 saturated heterocycles. The van der Waals surface area contributed by atoms with Crippen molar-refractivity contribution in [1.82, 2.24) is 15.1 Å². The zero-order chi connectivity index (χ0) is 15.0. The van der Waals surface area contributed by atoms with Gasteiger partial charge in [0.1, 0.15) is 0 Å². The van der Waals surface area contributed by atoms with Gasteiger partial charge in [0, 0.05) is 13.1 Å². The Morgan fingerprint density at radius 3 is 2.35 bits per heavy atom. The van der Waals surface area contributed by atoms with Crippen LogP contribution in [0.4, 0.5) is 0 Å². The SMILES string of the molecule is CCN(CC)C(=O)CN1CCC(CNCC(C)C)CC1. The molecule has 1 heterocycles. The van der Waals surface area contributed by atoms with Gasteiger partial charge in [-0.05, 0) is 64.7 Å². The molecule has 1 rings (SSSR count). The number of hydrogen-bond donors (Lipinski definition) is 1. The standard InChI is InChI=1S/C16H33N3O/c1-5-19(6-2)16(20)13-18-9-7-15(8-10-18)12-17-11-14(3)4/h14-15,17H,5-13H2,1-4H3. The van der Waals surface area contributed by atoms with E-state index in [1.165, 1.54) is 12.8 Å². The van der Waals surface area contributed by atoms with Crippen LogP contribution in [0.25, 0.3) is 0 Å². The van der Waals surface area contributed by atoms with Gasteiger partial charge in [0.15, 0.2) is 0 Å². The number of rotatable bonds is 8. The monoisotopic (exact) mass is 283 g/mol. The van der Waals surface area contributed by atoms with E-state index in [0.717, 1.165) is 51.1 Å². The molecule has 0 saturated carbocycles. The Labute approximate surface area is 124 Å². The summed E-state index contributed by atoms with van der Waals surface area (Å²) in [6.07, 6.45) is 2.44. The van der Waals surface area contributed by atoms with Crippen LogP contribution in [0.5, 0.6) is 0 Å². The maximum absolute atomic E-state index is 12.1. The van der Waals surface area contributed by atoms with E-state index in [0.29, 0.717) is 6.54 Å². The fourth-order valence-corrected chi connectivity index (χ4v) is 2.79. The van der Waals surface area contributed by atoms with Crippen molar-refractivity contribution in [3.8, 4) is 0 Å². The van der Waals surface area contributed by atoms with Crippen molar-refractivity contribution < 1.29 is 4.79 Å². The molecule has 0 unspecified atom stereocenters. The summed E-state index contributed by atoms with van der Waals surface area (Å²) in [5, 5.41) is 3.55. The summed E-state index contributed by atoms with van der Waals surface area (Å²) >= 11 is 0. The van der Waals surface area contributed by atoms with Crippen LogP contribution >= 0.6 is 0 Å². The molecule has 0 aromatic heterocycles. The first-order valence-corrected chi connectivity index (χ1v) is 8.27. The lowest BCUT2D eigenvalue weighted by Crippen LogP contribution is -2.44. The van der Waals surface area contributed by atoms with Gasteiger partial charge in [-0.15, -0.1) is 0 Å². The van der Waals surface area contributed by atoms with E-state index in [2.05, 4.69) is 24.1 Å². The molecule has 0 bridgehead atoms. The quantitative estimate of drug-likeness (QED) is 0.738. The van der Waals surface area contributed by atoms with Crippen molar-refractivity contribution in [2.45, 2.75) is 40.5 Å². The maximum atomic E-state index is 12.1. The number of piperidine rings is 1. The third kappa shape index (κ3) is 6.23. The first-order valence-electron chi connectivity index (χ1n) is 8.27. The van der Waals surface area contributed by atoms with E-state index < -0.39 is 0 Å². The molecule has 0 aliphatic carbocycles. The van der Waals surface area contributed by atoms with Crippen LogP contribution in [-0.4, -0.2) is 61.5 Å². The normalized spacial score (nSPS) is 17.6. The molecule has 20 heavy (non-hydrogen) atoms. The summed E-state index contributed by atoms with van der Waals surface area (Å²) in [4.78, 5) is 16.3. The van der Waals surface area contributed by atoms with Gasteiger partial charge in [-0.2, -0.15) is 0 Å². The van der Waals surface area contributed by atoms with Crippen molar-refractivity contribution in [3.05, 3.63) is 0 Å². The van der Waals surface area contributed by atoms with Gasteiger partial charge in [0.05, 0.1) is 6.54 Å². The second-order valence-corrected chi connectivity index (χ2v) is 6.34. The summed E-state index contributed by atoms with van der Waals surface area (Å²) < 4.78 is 0. The Kier molecular flexibility index (Phi) is 8.15. The third-order valence-electron chi connectivity index (χ3n) is 4.17. The molecule has 0 aromatic rings. The number of hydrogen-bond acceptors (Lipinski definition) is 3. The number of nitrogens with zero attached hydrogens (tertiary/aromatic N) is 2. The molecule has 0 spiro atoms. The first kappa shape index (κ1) is 17.4. The Balaban J connectivity index is 2.20. The topological polar surface area (TPSA) is 35.6 Å². The number of likely N-dealkylation sites (N-methyl/N-ethyl adjacent to an activating group) is 1. The van der Waals surface area contributed by atoms with Crippen molar-refractivity contribution in [3.63, 3.8) is 0 Å². The van der Waals surface area contributed by atoms with E-state index in [9.17, 15) is 4.79 Å². The lowest BCUT2D eigenvalue weighted by atomic mass is 9.96. The predicted octanol–water partition coefficient (Wildman–Crippen LogP) is 1.81. The highest BCUT2D eigenvalue weighted by molar-refractivity contribution is 5.78. The molecule has 0 aromatic carbocycles. The van der Waals surface area contributed by atoms with E-state index in [4.69, 9.17) is 0 Å². The van der Waals surface area contributed by atoms with Gasteiger partial charge < -0.3 is 10.2 Å². The third-order valence-corrected chi connectivity index (χ3v) is 4.17. The van der Waals surface area contributed by atoms with Crippen molar-refractivity contribution in [1.29, 1.82) is 0 Å². The minimum atomic E-state index is 0.284. The van der Waals surface area contributed by atoms with Crippen molar-refractivity contribution in [2.75, 3.05) is 45.8 Å². The van der Waals surface area contributed by atoms with Gasteiger partial charge in [0.2, 0.25) is 5.91 Å². The molecule has 1 N–H and O–H groups in total. The van der Waals surface area contributed by atoms with Crippen LogP contribution in [0.15, 0.2) is 0 Å². The molecule has 0 atom stereocenters. The van der Waals surface area contributed by atoms with Gasteiger partial charge in [-0.3, -0.25) is 9.69 Å². The molecule has 1 fully saturated rings. The number of amides is 1. The first-order chi connectivity index (χ1) is 9.56. The van der Waals surface area contributed by atoms with Crippen LogP contribution in [0.2, 0.25) is 0 Å². The lowest BCUT2D eigenvalue weighted by Gasteiger charge is -2.33. The van der Waals surface area contributed by atoms with Gasteiger partial charge in [-0.1, -0.05) is 13.8 Å². The highest BCUT2D eigenvalue weighted by Crippen LogP contribution is 2.16. The van der Waals surface area contributed by atoms with Gasteiger partial charge in [0.25, 0.3) is 0 Å². The second kappa shape index (κ2) is 9.35. The van der Waals surface area contributed by atoms with Crippen molar-refractivity contribution in [2.24, 2.45) is 11.8 Å². The maximum Gasteiger partial charge on any atom is 0.236 e. The van der Waals surface area contributed by atoms with Crippen LogP contribution in [0.1, 0.15) is 40.5 Å². The Morgan fingerprint density at radius 1 is 1.25 bits per heavy atom. The van der Waals surface area contributed by atoms with Crippen LogP contribution < -0.4 is 5.32 Å². The van der Waals surface area contributed by atoms with Crippen LogP contribution in [0.3, 0.4) is 0 Å². The molecular weight excluding hydrogens is 250 g/mol. The molecule has 0 radical (unpaired) electrons. The smallest absolute Gasteiger partial charge is 0.236 e. The lowest BCUT2D eigenvalue weighted by molar-refractivity contribution is -0.132. The Bertz CT molecular complexity index is 269. The molecule has 4 heteroatoms. The molecule has 1 aliphatic rings. The largest absolute Gasteiger partial charge is 0.342 e.